The summed E-state index contributed by atoms with van der Waals surface area (Å²) in [4.78, 5) is 41.2. The van der Waals surface area contributed by atoms with E-state index in [9.17, 15) is 19.7 Å². The highest BCUT2D eigenvalue weighted by Gasteiger charge is 2.74. The van der Waals surface area contributed by atoms with E-state index in [4.69, 9.17) is 4.74 Å². The lowest BCUT2D eigenvalue weighted by Gasteiger charge is -2.48. The van der Waals surface area contributed by atoms with Gasteiger partial charge < -0.3 is 4.74 Å². The largest absolute Gasteiger partial charge is 0.497 e. The standard InChI is InChI=1S/C25H18N2O5/c1-32-15-8-6-7-14(13-15)26-23(28)21-20-16-9-2-4-11-18(16)25(27(30)31,22(21)24(26)29)19-12-5-3-10-17(19)20/h2-13,20-22H,1H3/t20?,21-,22+,25?/m1/s1. The van der Waals surface area contributed by atoms with Gasteiger partial charge in [-0.15, -0.1) is 0 Å². The van der Waals surface area contributed by atoms with Crippen molar-refractivity contribution in [1.29, 1.82) is 0 Å². The number of nitrogens with zero attached hydrogens (tertiary/aromatic N) is 2. The van der Waals surface area contributed by atoms with Crippen LogP contribution >= 0.6 is 0 Å². The second-order valence-corrected chi connectivity index (χ2v) is 8.39. The van der Waals surface area contributed by atoms with Crippen LogP contribution in [0.2, 0.25) is 0 Å². The number of rotatable bonds is 3. The Labute approximate surface area is 183 Å². The first-order valence-corrected chi connectivity index (χ1v) is 10.4. The highest BCUT2D eigenvalue weighted by molar-refractivity contribution is 6.23. The number of methoxy groups -OCH3 is 1. The quantitative estimate of drug-likeness (QED) is 0.363. The third-order valence-corrected chi connectivity index (χ3v) is 7.17. The van der Waals surface area contributed by atoms with E-state index in [1.807, 2.05) is 24.3 Å². The van der Waals surface area contributed by atoms with E-state index in [1.165, 1.54) is 7.11 Å². The number of hydrogen-bond donors (Lipinski definition) is 0. The van der Waals surface area contributed by atoms with Crippen LogP contribution in [0.3, 0.4) is 0 Å². The van der Waals surface area contributed by atoms with Gasteiger partial charge in [-0.2, -0.15) is 0 Å². The van der Waals surface area contributed by atoms with Crippen LogP contribution in [-0.4, -0.2) is 23.8 Å². The summed E-state index contributed by atoms with van der Waals surface area (Å²) >= 11 is 0. The van der Waals surface area contributed by atoms with Crippen molar-refractivity contribution >= 4 is 17.5 Å². The summed E-state index contributed by atoms with van der Waals surface area (Å²) < 4.78 is 5.26. The van der Waals surface area contributed by atoms with Gasteiger partial charge in [0.2, 0.25) is 11.8 Å². The van der Waals surface area contributed by atoms with Gasteiger partial charge in [0.05, 0.1) is 18.7 Å². The summed E-state index contributed by atoms with van der Waals surface area (Å²) in [5.41, 5.74) is 1.05. The maximum Gasteiger partial charge on any atom is 0.285 e. The molecule has 2 atom stereocenters. The predicted octanol–water partition coefficient (Wildman–Crippen LogP) is 3.48. The van der Waals surface area contributed by atoms with E-state index >= 15 is 0 Å². The summed E-state index contributed by atoms with van der Waals surface area (Å²) in [5, 5.41) is 12.9. The molecule has 0 radical (unpaired) electrons. The lowest BCUT2D eigenvalue weighted by atomic mass is 9.51. The molecule has 3 aromatic carbocycles. The van der Waals surface area contributed by atoms with Crippen LogP contribution in [0.4, 0.5) is 5.69 Å². The van der Waals surface area contributed by atoms with Crippen LogP contribution in [0.5, 0.6) is 5.75 Å². The van der Waals surface area contributed by atoms with Crippen molar-refractivity contribution in [3.8, 4) is 5.75 Å². The molecule has 0 aromatic heterocycles. The van der Waals surface area contributed by atoms with Gasteiger partial charge in [0.15, 0.2) is 0 Å². The summed E-state index contributed by atoms with van der Waals surface area (Å²) in [6.07, 6.45) is 0. The lowest BCUT2D eigenvalue weighted by molar-refractivity contribution is -0.578. The Morgan fingerprint density at radius 3 is 2.12 bits per heavy atom. The van der Waals surface area contributed by atoms with Gasteiger partial charge in [-0.05, 0) is 23.3 Å². The number of benzene rings is 3. The molecule has 0 unspecified atom stereocenters. The molecule has 2 bridgehead atoms. The third kappa shape index (κ3) is 2.01. The fraction of sp³-hybridized carbons (Fsp3) is 0.200. The average molecular weight is 426 g/mol. The Morgan fingerprint density at radius 2 is 1.53 bits per heavy atom. The summed E-state index contributed by atoms with van der Waals surface area (Å²) in [7, 11) is 1.50. The second-order valence-electron chi connectivity index (χ2n) is 8.39. The van der Waals surface area contributed by atoms with Gasteiger partial charge in [0, 0.05) is 28.0 Å². The molecular weight excluding hydrogens is 408 g/mol. The molecule has 2 amide bonds. The Balaban J connectivity index is 1.65. The molecule has 0 N–H and O–H groups in total. The number of carbonyl (C=O) groups excluding carboxylic acids is 2. The number of ether oxygens (including phenoxy) is 1. The molecule has 7 nitrogen and oxygen atoms in total. The number of hydrogen-bond acceptors (Lipinski definition) is 5. The average Bonchev–Trinajstić information content (AvgIpc) is 3.09. The van der Waals surface area contributed by atoms with Gasteiger partial charge in [-0.1, -0.05) is 54.6 Å². The predicted molar refractivity (Wildman–Crippen MR) is 115 cm³/mol. The van der Waals surface area contributed by atoms with Crippen molar-refractivity contribution in [1.82, 2.24) is 0 Å². The SMILES string of the molecule is COc1cccc(N2C(=O)[C@@H]3C4c5ccccc5C([N+](=O)[O-])(c5ccccc54)[C@@H]3C2=O)c1. The minimum atomic E-state index is -1.81. The molecule has 7 rings (SSSR count). The van der Waals surface area contributed by atoms with Crippen LogP contribution in [0, 0.1) is 22.0 Å². The Bertz CT molecular complexity index is 1290. The van der Waals surface area contributed by atoms with E-state index in [0.717, 1.165) is 16.0 Å². The van der Waals surface area contributed by atoms with Gasteiger partial charge in [-0.3, -0.25) is 19.7 Å². The number of anilines is 1. The minimum absolute atomic E-state index is 0.361. The van der Waals surface area contributed by atoms with Crippen molar-refractivity contribution < 1.29 is 19.2 Å². The number of imide groups is 1. The zero-order valence-corrected chi connectivity index (χ0v) is 17.1. The van der Waals surface area contributed by atoms with Crippen LogP contribution < -0.4 is 9.64 Å². The van der Waals surface area contributed by atoms with E-state index in [1.54, 1.807) is 48.5 Å². The highest BCUT2D eigenvalue weighted by atomic mass is 16.6. The molecule has 0 saturated carbocycles. The second kappa shape index (κ2) is 6.26. The molecule has 3 aromatic rings. The van der Waals surface area contributed by atoms with E-state index < -0.39 is 35.1 Å². The van der Waals surface area contributed by atoms with Gasteiger partial charge in [0.1, 0.15) is 11.7 Å². The molecule has 1 heterocycles. The molecule has 32 heavy (non-hydrogen) atoms. The van der Waals surface area contributed by atoms with E-state index in [2.05, 4.69) is 0 Å². The first kappa shape index (κ1) is 18.7. The van der Waals surface area contributed by atoms with Crippen LogP contribution in [0.15, 0.2) is 72.8 Å². The molecule has 158 valence electrons. The van der Waals surface area contributed by atoms with Crippen molar-refractivity contribution in [2.24, 2.45) is 11.8 Å². The first-order valence-electron chi connectivity index (χ1n) is 10.4. The molecule has 1 aliphatic heterocycles. The maximum absolute atomic E-state index is 13.8. The molecule has 4 aliphatic rings. The summed E-state index contributed by atoms with van der Waals surface area (Å²) in [6, 6.07) is 21.0. The number of carbonyl (C=O) groups is 2. The zero-order chi connectivity index (χ0) is 22.2. The topological polar surface area (TPSA) is 89.8 Å². The lowest BCUT2D eigenvalue weighted by Crippen LogP contribution is -2.57. The van der Waals surface area contributed by atoms with Crippen molar-refractivity contribution in [3.05, 3.63) is 105 Å². The van der Waals surface area contributed by atoms with Gasteiger partial charge in [0.25, 0.3) is 5.54 Å². The Kier molecular flexibility index (Phi) is 3.67. The Hall–Kier alpha value is -4.00. The van der Waals surface area contributed by atoms with Crippen LogP contribution in [-0.2, 0) is 15.1 Å². The molecule has 3 aliphatic carbocycles. The molecule has 7 heteroatoms. The maximum atomic E-state index is 13.8. The zero-order valence-electron chi connectivity index (χ0n) is 17.1. The Morgan fingerprint density at radius 1 is 0.906 bits per heavy atom. The minimum Gasteiger partial charge on any atom is -0.497 e. The fourth-order valence-electron chi connectivity index (χ4n) is 6.05. The molecule has 0 spiro atoms. The van der Waals surface area contributed by atoms with Crippen molar-refractivity contribution in [2.45, 2.75) is 11.5 Å². The van der Waals surface area contributed by atoms with Crippen LogP contribution in [0.25, 0.3) is 0 Å². The van der Waals surface area contributed by atoms with E-state index in [0.29, 0.717) is 22.6 Å². The van der Waals surface area contributed by atoms with Crippen LogP contribution in [0.1, 0.15) is 28.2 Å². The summed E-state index contributed by atoms with van der Waals surface area (Å²) in [6.45, 7) is 0. The summed E-state index contributed by atoms with van der Waals surface area (Å²) in [5.74, 6) is -2.83. The first-order chi connectivity index (χ1) is 15.5. The molecule has 1 fully saturated rings. The number of nitro groups is 1. The van der Waals surface area contributed by atoms with Gasteiger partial charge in [-0.25, -0.2) is 4.90 Å². The fourth-order valence-corrected chi connectivity index (χ4v) is 6.05. The van der Waals surface area contributed by atoms with Gasteiger partial charge >= 0.3 is 0 Å². The molecular formula is C25H18N2O5. The third-order valence-electron chi connectivity index (χ3n) is 7.17. The van der Waals surface area contributed by atoms with E-state index in [-0.39, 0.29) is 4.92 Å². The van der Waals surface area contributed by atoms with Crippen molar-refractivity contribution in [3.63, 3.8) is 0 Å². The normalized spacial score (nSPS) is 27.0. The van der Waals surface area contributed by atoms with Crippen molar-refractivity contribution in [2.75, 3.05) is 12.0 Å². The smallest absolute Gasteiger partial charge is 0.285 e. The monoisotopic (exact) mass is 426 g/mol. The molecule has 1 saturated heterocycles. The number of amides is 2. The highest BCUT2D eigenvalue weighted by Crippen LogP contribution is 2.64.